The highest BCUT2D eigenvalue weighted by Gasteiger charge is 2.32. The Kier molecular flexibility index (Phi) is 5.83. The first-order chi connectivity index (χ1) is 11.3. The van der Waals surface area contributed by atoms with Crippen molar-refractivity contribution in [1.29, 1.82) is 0 Å². The third-order valence-corrected chi connectivity index (χ3v) is 4.33. The lowest BCUT2D eigenvalue weighted by Gasteiger charge is -2.31. The molecule has 1 aromatic carbocycles. The highest BCUT2D eigenvalue weighted by molar-refractivity contribution is 5.95. The minimum Gasteiger partial charge on any atom is -0.507 e. The minimum atomic E-state index is -0.878. The monoisotopic (exact) mass is 335 g/mol. The smallest absolute Gasteiger partial charge is 0.342 e. The fourth-order valence-corrected chi connectivity index (χ4v) is 2.58. The second-order valence-electron chi connectivity index (χ2n) is 6.41. The number of hydrogen-bond acceptors (Lipinski definition) is 5. The lowest BCUT2D eigenvalue weighted by atomic mass is 10.0. The summed E-state index contributed by atoms with van der Waals surface area (Å²) >= 11 is 0. The lowest BCUT2D eigenvalue weighted by Crippen LogP contribution is -2.48. The Balaban J connectivity index is 2.17. The maximum absolute atomic E-state index is 12.6. The molecule has 6 nitrogen and oxygen atoms in total. The SMILES string of the molecule is Cc1ccc(C(=O)OC(C(=O)N2CCOCC2)C(C)C)c(O)c1C. The summed E-state index contributed by atoms with van der Waals surface area (Å²) in [4.78, 5) is 26.8. The Labute approximate surface area is 142 Å². The van der Waals surface area contributed by atoms with Gasteiger partial charge in [0, 0.05) is 13.1 Å². The van der Waals surface area contributed by atoms with E-state index in [9.17, 15) is 14.7 Å². The normalized spacial score (nSPS) is 16.1. The van der Waals surface area contributed by atoms with Crippen molar-refractivity contribution in [2.75, 3.05) is 26.3 Å². The number of aromatic hydroxyl groups is 1. The number of morpholine rings is 1. The van der Waals surface area contributed by atoms with E-state index in [1.807, 2.05) is 20.8 Å². The number of amides is 1. The maximum Gasteiger partial charge on any atom is 0.342 e. The van der Waals surface area contributed by atoms with Gasteiger partial charge in [-0.25, -0.2) is 4.79 Å². The topological polar surface area (TPSA) is 76.1 Å². The lowest BCUT2D eigenvalue weighted by molar-refractivity contribution is -0.147. The van der Waals surface area contributed by atoms with E-state index in [-0.39, 0.29) is 23.1 Å². The van der Waals surface area contributed by atoms with Gasteiger partial charge in [-0.1, -0.05) is 19.9 Å². The molecule has 0 saturated carbocycles. The first-order valence-electron chi connectivity index (χ1n) is 8.19. The molecular weight excluding hydrogens is 310 g/mol. The zero-order valence-electron chi connectivity index (χ0n) is 14.7. The van der Waals surface area contributed by atoms with Gasteiger partial charge in [-0.15, -0.1) is 0 Å². The largest absolute Gasteiger partial charge is 0.507 e. The van der Waals surface area contributed by atoms with Crippen molar-refractivity contribution in [3.8, 4) is 5.75 Å². The molecule has 0 aliphatic carbocycles. The number of aryl methyl sites for hydroxylation is 1. The van der Waals surface area contributed by atoms with E-state index in [0.717, 1.165) is 5.56 Å². The summed E-state index contributed by atoms with van der Waals surface area (Å²) in [6.45, 7) is 9.21. The van der Waals surface area contributed by atoms with Crippen LogP contribution in [0.3, 0.4) is 0 Å². The van der Waals surface area contributed by atoms with Crippen LogP contribution < -0.4 is 0 Å². The summed E-state index contributed by atoms with van der Waals surface area (Å²) in [5, 5.41) is 10.2. The number of ether oxygens (including phenoxy) is 2. The minimum absolute atomic E-state index is 0.0820. The Hall–Kier alpha value is -2.08. The van der Waals surface area contributed by atoms with E-state index in [2.05, 4.69) is 0 Å². The van der Waals surface area contributed by atoms with Crippen molar-refractivity contribution >= 4 is 11.9 Å². The summed E-state index contributed by atoms with van der Waals surface area (Å²) in [7, 11) is 0. The summed E-state index contributed by atoms with van der Waals surface area (Å²) in [5.74, 6) is -1.17. The molecule has 1 saturated heterocycles. The molecule has 1 aromatic rings. The number of carbonyl (C=O) groups is 2. The van der Waals surface area contributed by atoms with E-state index in [0.29, 0.717) is 31.9 Å². The standard InChI is InChI=1S/C18H25NO5/c1-11(2)16(17(21)19-7-9-23-10-8-19)24-18(22)14-6-5-12(3)13(4)15(14)20/h5-6,11,16,20H,7-10H2,1-4H3. The molecule has 0 spiro atoms. The molecule has 1 aliphatic rings. The van der Waals surface area contributed by atoms with Crippen molar-refractivity contribution in [3.05, 3.63) is 28.8 Å². The van der Waals surface area contributed by atoms with Crippen molar-refractivity contribution in [1.82, 2.24) is 4.90 Å². The Morgan fingerprint density at radius 3 is 2.42 bits per heavy atom. The Morgan fingerprint density at radius 2 is 1.83 bits per heavy atom. The molecule has 1 amide bonds. The van der Waals surface area contributed by atoms with E-state index < -0.39 is 12.1 Å². The van der Waals surface area contributed by atoms with Gasteiger partial charge in [-0.05, 0) is 37.0 Å². The van der Waals surface area contributed by atoms with E-state index >= 15 is 0 Å². The van der Waals surface area contributed by atoms with Crippen LogP contribution in [0, 0.1) is 19.8 Å². The second-order valence-corrected chi connectivity index (χ2v) is 6.41. The summed E-state index contributed by atoms with van der Waals surface area (Å²) in [6, 6.07) is 3.27. The molecular formula is C18H25NO5. The van der Waals surface area contributed by atoms with Gasteiger partial charge in [0.1, 0.15) is 11.3 Å². The van der Waals surface area contributed by atoms with Gasteiger partial charge in [-0.2, -0.15) is 0 Å². The first kappa shape index (κ1) is 18.3. The molecule has 6 heteroatoms. The van der Waals surface area contributed by atoms with Crippen molar-refractivity contribution in [2.45, 2.75) is 33.8 Å². The van der Waals surface area contributed by atoms with Gasteiger partial charge in [-0.3, -0.25) is 4.79 Å². The number of hydrogen-bond donors (Lipinski definition) is 1. The number of nitrogens with zero attached hydrogens (tertiary/aromatic N) is 1. The third-order valence-electron chi connectivity index (χ3n) is 4.33. The quantitative estimate of drug-likeness (QED) is 0.852. The number of rotatable bonds is 4. The molecule has 132 valence electrons. The molecule has 1 fully saturated rings. The molecule has 1 heterocycles. The van der Waals surface area contributed by atoms with Gasteiger partial charge in [0.15, 0.2) is 6.10 Å². The van der Waals surface area contributed by atoms with Gasteiger partial charge < -0.3 is 19.5 Å². The molecule has 1 unspecified atom stereocenters. The van der Waals surface area contributed by atoms with Crippen LogP contribution in [0.2, 0.25) is 0 Å². The zero-order chi connectivity index (χ0) is 17.9. The average molecular weight is 335 g/mol. The summed E-state index contributed by atoms with van der Waals surface area (Å²) < 4.78 is 10.7. The van der Waals surface area contributed by atoms with Crippen molar-refractivity contribution in [2.24, 2.45) is 5.92 Å². The van der Waals surface area contributed by atoms with Gasteiger partial charge in [0.05, 0.1) is 13.2 Å². The number of phenols is 1. The van der Waals surface area contributed by atoms with Crippen LogP contribution >= 0.6 is 0 Å². The number of esters is 1. The fourth-order valence-electron chi connectivity index (χ4n) is 2.58. The van der Waals surface area contributed by atoms with Crippen LogP contribution in [-0.2, 0) is 14.3 Å². The molecule has 0 bridgehead atoms. The van der Waals surface area contributed by atoms with Gasteiger partial charge in [0.2, 0.25) is 0 Å². The molecule has 1 atom stereocenters. The maximum atomic E-state index is 12.6. The van der Waals surface area contributed by atoms with Crippen LogP contribution in [0.1, 0.15) is 35.3 Å². The van der Waals surface area contributed by atoms with E-state index in [1.54, 1.807) is 17.9 Å². The zero-order valence-corrected chi connectivity index (χ0v) is 14.7. The fraction of sp³-hybridized carbons (Fsp3) is 0.556. The number of benzene rings is 1. The second kappa shape index (κ2) is 7.66. The van der Waals surface area contributed by atoms with Crippen LogP contribution in [0.15, 0.2) is 12.1 Å². The highest BCUT2D eigenvalue weighted by atomic mass is 16.5. The molecule has 0 radical (unpaired) electrons. The van der Waals surface area contributed by atoms with Crippen LogP contribution in [0.25, 0.3) is 0 Å². The summed E-state index contributed by atoms with van der Waals surface area (Å²) in [6.07, 6.45) is -0.878. The average Bonchev–Trinajstić information content (AvgIpc) is 2.57. The molecule has 1 N–H and O–H groups in total. The van der Waals surface area contributed by atoms with Crippen LogP contribution in [0.4, 0.5) is 0 Å². The van der Waals surface area contributed by atoms with Crippen molar-refractivity contribution < 1.29 is 24.2 Å². The molecule has 24 heavy (non-hydrogen) atoms. The molecule has 1 aliphatic heterocycles. The number of phenolic OH excluding ortho intramolecular Hbond substituents is 1. The Morgan fingerprint density at radius 1 is 1.21 bits per heavy atom. The van der Waals surface area contributed by atoms with Crippen LogP contribution in [-0.4, -0.2) is 54.3 Å². The number of carbonyl (C=O) groups excluding carboxylic acids is 2. The molecule has 0 aromatic heterocycles. The van der Waals surface area contributed by atoms with Crippen molar-refractivity contribution in [3.63, 3.8) is 0 Å². The van der Waals surface area contributed by atoms with E-state index in [1.165, 1.54) is 6.07 Å². The van der Waals surface area contributed by atoms with Gasteiger partial charge >= 0.3 is 5.97 Å². The third kappa shape index (κ3) is 3.87. The molecule has 2 rings (SSSR count). The summed E-state index contributed by atoms with van der Waals surface area (Å²) in [5.41, 5.74) is 1.59. The Bertz CT molecular complexity index is 620. The van der Waals surface area contributed by atoms with Gasteiger partial charge in [0.25, 0.3) is 5.91 Å². The van der Waals surface area contributed by atoms with Crippen LogP contribution in [0.5, 0.6) is 5.75 Å². The highest BCUT2D eigenvalue weighted by Crippen LogP contribution is 2.26. The predicted molar refractivity (Wildman–Crippen MR) is 89.0 cm³/mol. The van der Waals surface area contributed by atoms with E-state index in [4.69, 9.17) is 9.47 Å². The first-order valence-corrected chi connectivity index (χ1v) is 8.19. The predicted octanol–water partition coefficient (Wildman–Crippen LogP) is 2.05.